The number of nitrogens with one attached hydrogen (secondary N) is 1. The number of hydrogen-bond donors (Lipinski definition) is 1. The Bertz CT molecular complexity index is 1520. The van der Waals surface area contributed by atoms with Crippen LogP contribution < -0.4 is 4.90 Å². The van der Waals surface area contributed by atoms with Crippen molar-refractivity contribution in [3.63, 3.8) is 0 Å². The van der Waals surface area contributed by atoms with Crippen LogP contribution in [0.25, 0.3) is 38.8 Å². The number of anilines is 1. The van der Waals surface area contributed by atoms with Gasteiger partial charge >= 0.3 is 0 Å². The first-order chi connectivity index (χ1) is 17.2. The van der Waals surface area contributed by atoms with Crippen molar-refractivity contribution in [2.45, 2.75) is 19.8 Å². The molecule has 6 rings (SSSR count). The number of benzene rings is 2. The van der Waals surface area contributed by atoms with Crippen LogP contribution in [0.2, 0.25) is 0 Å². The normalized spacial score (nSPS) is 14.3. The highest BCUT2D eigenvalue weighted by Gasteiger charge is 2.23. The first-order valence-corrected chi connectivity index (χ1v) is 11.8. The van der Waals surface area contributed by atoms with Gasteiger partial charge < -0.3 is 9.64 Å². The number of aromatic amines is 1. The summed E-state index contributed by atoms with van der Waals surface area (Å²) < 4.78 is 37.3. The van der Waals surface area contributed by atoms with Crippen LogP contribution in [0.1, 0.15) is 19.2 Å². The Kier molecular flexibility index (Phi) is 5.41. The maximum Gasteiger partial charge on any atom is 0.149 e. The van der Waals surface area contributed by atoms with E-state index in [1.807, 2.05) is 10.8 Å². The quantitative estimate of drug-likeness (QED) is 0.387. The fourth-order valence-corrected chi connectivity index (χ4v) is 4.86. The molecule has 2 aromatic carbocycles. The van der Waals surface area contributed by atoms with Crippen molar-refractivity contribution in [3.05, 3.63) is 66.4 Å². The summed E-state index contributed by atoms with van der Waals surface area (Å²) in [4.78, 5) is 11.4. The molecule has 0 bridgehead atoms. The van der Waals surface area contributed by atoms with Crippen molar-refractivity contribution in [3.8, 4) is 16.8 Å². The summed E-state index contributed by atoms with van der Waals surface area (Å²) in [6, 6.07) is 8.19. The molecule has 1 N–H and O–H groups in total. The van der Waals surface area contributed by atoms with Crippen LogP contribution in [0.5, 0.6) is 0 Å². The molecule has 7 nitrogen and oxygen atoms in total. The molecule has 1 aliphatic rings. The van der Waals surface area contributed by atoms with Crippen LogP contribution in [0.3, 0.4) is 0 Å². The lowest BCUT2D eigenvalue weighted by atomic mass is 10.1. The largest absolute Gasteiger partial charge is 0.378 e. The van der Waals surface area contributed by atoms with Crippen LogP contribution in [-0.4, -0.2) is 51.0 Å². The molecule has 35 heavy (non-hydrogen) atoms. The van der Waals surface area contributed by atoms with Crippen LogP contribution >= 0.6 is 0 Å². The third kappa shape index (κ3) is 3.63. The first-order valence-electron chi connectivity index (χ1n) is 11.8. The van der Waals surface area contributed by atoms with Crippen LogP contribution in [0, 0.1) is 11.6 Å². The second kappa shape index (κ2) is 8.74. The zero-order valence-corrected chi connectivity index (χ0v) is 19.3. The summed E-state index contributed by atoms with van der Waals surface area (Å²) in [5.74, 6) is -0.298. The van der Waals surface area contributed by atoms with Gasteiger partial charge in [0, 0.05) is 48.7 Å². The van der Waals surface area contributed by atoms with E-state index in [2.05, 4.69) is 39.1 Å². The van der Waals surface area contributed by atoms with E-state index in [0.717, 1.165) is 65.3 Å². The number of hydrogen-bond acceptors (Lipinski definition) is 5. The van der Waals surface area contributed by atoms with Gasteiger partial charge in [-0.05, 0) is 36.8 Å². The SMILES string of the molecule is CCCc1nc2c(-c3cn[nH]c3)cc(N3CCOCC3)cc2n1-c1ccnc2c(F)ccc(F)c12. The lowest BCUT2D eigenvalue weighted by Crippen LogP contribution is -2.36. The number of aryl methyl sites for hydroxylation is 1. The Labute approximate surface area is 200 Å². The highest BCUT2D eigenvalue weighted by molar-refractivity contribution is 5.98. The molecule has 0 saturated carbocycles. The molecule has 9 heteroatoms. The third-order valence-corrected chi connectivity index (χ3v) is 6.48. The molecule has 1 fully saturated rings. The molecular formula is C26H24F2N6O. The van der Waals surface area contributed by atoms with Gasteiger partial charge in [-0.3, -0.25) is 14.6 Å². The summed E-state index contributed by atoms with van der Waals surface area (Å²) in [6.45, 7) is 4.91. The Morgan fingerprint density at radius 2 is 1.89 bits per heavy atom. The maximum absolute atomic E-state index is 15.1. The molecule has 1 aliphatic heterocycles. The minimum Gasteiger partial charge on any atom is -0.378 e. The van der Waals surface area contributed by atoms with Crippen molar-refractivity contribution >= 4 is 27.6 Å². The van der Waals surface area contributed by atoms with Gasteiger partial charge in [0.2, 0.25) is 0 Å². The Morgan fingerprint density at radius 3 is 2.66 bits per heavy atom. The van der Waals surface area contributed by atoms with Crippen molar-refractivity contribution in [1.82, 2.24) is 24.7 Å². The Balaban J connectivity index is 1.70. The van der Waals surface area contributed by atoms with Crippen molar-refractivity contribution in [2.75, 3.05) is 31.2 Å². The van der Waals surface area contributed by atoms with E-state index in [1.54, 1.807) is 12.3 Å². The smallest absolute Gasteiger partial charge is 0.149 e. The number of ether oxygens (including phenoxy) is 1. The highest BCUT2D eigenvalue weighted by atomic mass is 19.1. The molecule has 4 heterocycles. The zero-order chi connectivity index (χ0) is 23.9. The number of imidazole rings is 1. The number of pyridine rings is 1. The molecule has 0 radical (unpaired) electrons. The van der Waals surface area contributed by atoms with Crippen molar-refractivity contribution < 1.29 is 13.5 Å². The number of halogens is 2. The van der Waals surface area contributed by atoms with E-state index in [0.29, 0.717) is 25.3 Å². The predicted molar refractivity (Wildman–Crippen MR) is 131 cm³/mol. The lowest BCUT2D eigenvalue weighted by molar-refractivity contribution is 0.122. The van der Waals surface area contributed by atoms with E-state index >= 15 is 4.39 Å². The number of aromatic nitrogens is 5. The second-order valence-electron chi connectivity index (χ2n) is 8.64. The average molecular weight is 475 g/mol. The minimum absolute atomic E-state index is 0.00573. The van der Waals surface area contributed by atoms with Gasteiger partial charge in [-0.1, -0.05) is 6.92 Å². The fraction of sp³-hybridized carbons (Fsp3) is 0.269. The van der Waals surface area contributed by atoms with Crippen molar-refractivity contribution in [1.29, 1.82) is 0 Å². The van der Waals surface area contributed by atoms with E-state index < -0.39 is 11.6 Å². The second-order valence-corrected chi connectivity index (χ2v) is 8.64. The van der Waals surface area contributed by atoms with Gasteiger partial charge in [-0.2, -0.15) is 5.10 Å². The molecule has 0 amide bonds. The van der Waals surface area contributed by atoms with Gasteiger partial charge in [-0.25, -0.2) is 13.8 Å². The first kappa shape index (κ1) is 21.7. The maximum atomic E-state index is 15.1. The lowest BCUT2D eigenvalue weighted by Gasteiger charge is -2.29. The van der Waals surface area contributed by atoms with Gasteiger partial charge in [-0.15, -0.1) is 0 Å². The molecule has 0 atom stereocenters. The van der Waals surface area contributed by atoms with Gasteiger partial charge in [0.1, 0.15) is 23.0 Å². The molecule has 5 aromatic rings. The average Bonchev–Trinajstić information content (AvgIpc) is 3.54. The molecule has 0 unspecified atom stereocenters. The van der Waals surface area contributed by atoms with Crippen LogP contribution in [0.15, 0.2) is 48.9 Å². The van der Waals surface area contributed by atoms with E-state index in [-0.39, 0.29) is 10.9 Å². The van der Waals surface area contributed by atoms with Gasteiger partial charge in [0.25, 0.3) is 0 Å². The number of rotatable bonds is 5. The summed E-state index contributed by atoms with van der Waals surface area (Å²) in [5.41, 5.74) is 5.00. The monoisotopic (exact) mass is 474 g/mol. The minimum atomic E-state index is -0.558. The van der Waals surface area contributed by atoms with E-state index in [4.69, 9.17) is 9.72 Å². The summed E-state index contributed by atoms with van der Waals surface area (Å²) >= 11 is 0. The summed E-state index contributed by atoms with van der Waals surface area (Å²) in [7, 11) is 0. The zero-order valence-electron chi connectivity index (χ0n) is 19.3. The molecule has 0 spiro atoms. The fourth-order valence-electron chi connectivity index (χ4n) is 4.86. The van der Waals surface area contributed by atoms with Crippen molar-refractivity contribution in [2.24, 2.45) is 0 Å². The number of morpholine rings is 1. The Morgan fingerprint density at radius 1 is 1.06 bits per heavy atom. The predicted octanol–water partition coefficient (Wildman–Crippen LogP) is 5.03. The highest BCUT2D eigenvalue weighted by Crippen LogP contribution is 2.37. The van der Waals surface area contributed by atoms with Gasteiger partial charge in [0.15, 0.2) is 0 Å². The summed E-state index contributed by atoms with van der Waals surface area (Å²) in [5, 5.41) is 7.18. The molecule has 178 valence electrons. The standard InChI is InChI=1S/C26H24F2N6O/c1-2-3-23-32-25-18(16-14-30-31-15-16)12-17(33-8-10-35-11-9-33)13-22(25)34(23)21-6-7-29-26-20(28)5-4-19(27)24(21)26/h4-7,12-15H,2-3,8-11H2,1H3,(H,30,31). The van der Waals surface area contributed by atoms with Crippen LogP contribution in [0.4, 0.5) is 14.5 Å². The number of nitrogens with zero attached hydrogens (tertiary/aromatic N) is 5. The van der Waals surface area contributed by atoms with Gasteiger partial charge in [0.05, 0.1) is 41.5 Å². The molecule has 1 saturated heterocycles. The molecule has 0 aliphatic carbocycles. The number of fused-ring (bicyclic) bond motifs is 2. The molecular weight excluding hydrogens is 450 g/mol. The van der Waals surface area contributed by atoms with Crippen LogP contribution in [-0.2, 0) is 11.2 Å². The van der Waals surface area contributed by atoms with E-state index in [1.165, 1.54) is 6.20 Å². The number of H-pyrrole nitrogens is 1. The third-order valence-electron chi connectivity index (χ3n) is 6.48. The van der Waals surface area contributed by atoms with E-state index in [9.17, 15) is 4.39 Å². The summed E-state index contributed by atoms with van der Waals surface area (Å²) in [6.07, 6.45) is 6.65. The topological polar surface area (TPSA) is 71.9 Å². The Hall–Kier alpha value is -3.85. The molecule has 3 aromatic heterocycles.